The maximum atomic E-state index is 12.7. The molecule has 0 amide bonds. The predicted octanol–water partition coefficient (Wildman–Crippen LogP) is 12.2. The molecule has 0 saturated carbocycles. The molecule has 332 valence electrons. The van der Waals surface area contributed by atoms with Crippen LogP contribution in [-0.4, -0.2) is 70.0 Å². The molecule has 0 rings (SSSR count). The highest BCUT2D eigenvalue weighted by atomic mass is 31.2. The zero-order valence-electron chi connectivity index (χ0n) is 37.2. The number of unbranched alkanes of at least 4 members (excludes halogenated alkanes) is 11. The number of hydrogen-bond donors (Lipinski definition) is 0. The number of quaternary nitrogens is 1. The van der Waals surface area contributed by atoms with E-state index in [-0.39, 0.29) is 26.1 Å². The highest BCUT2D eigenvalue weighted by Crippen LogP contribution is 2.38. The first-order valence-electron chi connectivity index (χ1n) is 22.3. The van der Waals surface area contributed by atoms with E-state index in [0.29, 0.717) is 23.9 Å². The summed E-state index contributed by atoms with van der Waals surface area (Å²) in [5, 5.41) is 0. The van der Waals surface area contributed by atoms with Crippen LogP contribution in [0.15, 0.2) is 85.1 Å². The van der Waals surface area contributed by atoms with Gasteiger partial charge in [0.2, 0.25) is 0 Å². The molecule has 0 aromatic heterocycles. The fraction of sp³-hybridized carbons (Fsp3) is 0.667. The van der Waals surface area contributed by atoms with E-state index in [0.717, 1.165) is 89.9 Å². The first-order valence-corrected chi connectivity index (χ1v) is 23.8. The quantitative estimate of drug-likeness (QED) is 0.0198. The summed E-state index contributed by atoms with van der Waals surface area (Å²) >= 11 is 0. The number of phosphoric ester groups is 1. The molecule has 0 aromatic carbocycles. The zero-order valence-corrected chi connectivity index (χ0v) is 38.1. The van der Waals surface area contributed by atoms with Gasteiger partial charge in [-0.3, -0.25) is 14.2 Å². The van der Waals surface area contributed by atoms with Crippen molar-refractivity contribution in [3.8, 4) is 0 Å². The number of phosphoric acid groups is 1. The average Bonchev–Trinajstić information content (AvgIpc) is 3.17. The van der Waals surface area contributed by atoms with E-state index in [4.69, 9.17) is 18.5 Å². The van der Waals surface area contributed by atoms with Gasteiger partial charge < -0.3 is 27.9 Å². The van der Waals surface area contributed by atoms with Gasteiger partial charge in [-0.2, -0.15) is 0 Å². The predicted molar refractivity (Wildman–Crippen MR) is 240 cm³/mol. The molecule has 0 aromatic rings. The van der Waals surface area contributed by atoms with Gasteiger partial charge in [0, 0.05) is 12.8 Å². The molecule has 10 heteroatoms. The fourth-order valence-corrected chi connectivity index (χ4v) is 6.14. The smallest absolute Gasteiger partial charge is 0.306 e. The van der Waals surface area contributed by atoms with E-state index in [2.05, 4.69) is 98.9 Å². The summed E-state index contributed by atoms with van der Waals surface area (Å²) in [7, 11) is 1.12. The molecule has 0 spiro atoms. The number of hydrogen-bond acceptors (Lipinski definition) is 8. The van der Waals surface area contributed by atoms with Crippen molar-refractivity contribution in [1.29, 1.82) is 0 Å². The molecular formula is C48H82NO8P. The summed E-state index contributed by atoms with van der Waals surface area (Å²) in [5.41, 5.74) is 0. The summed E-state index contributed by atoms with van der Waals surface area (Å²) in [6.45, 7) is 4.01. The van der Waals surface area contributed by atoms with Crippen LogP contribution in [0, 0.1) is 0 Å². The number of carbonyl (C=O) groups excluding carboxylic acids is 2. The SMILES string of the molecule is CC/C=C\C/C=C\C/C=C\C/C=C\CCCCCCC(=O)O[C@H](COC(=O)CCCCCC/C=C\C/C=C\C/C=C\CCCCC)COP(=O)([O-])OCC[N+](C)(C)C. The molecule has 58 heavy (non-hydrogen) atoms. The molecular weight excluding hydrogens is 750 g/mol. The highest BCUT2D eigenvalue weighted by molar-refractivity contribution is 7.45. The van der Waals surface area contributed by atoms with Gasteiger partial charge in [-0.15, -0.1) is 0 Å². The minimum atomic E-state index is -4.64. The molecule has 2 atom stereocenters. The second kappa shape index (κ2) is 39.6. The van der Waals surface area contributed by atoms with Gasteiger partial charge in [-0.05, 0) is 89.9 Å². The first kappa shape index (κ1) is 55.2. The van der Waals surface area contributed by atoms with E-state index >= 15 is 0 Å². The Labute approximate surface area is 354 Å². The van der Waals surface area contributed by atoms with Crippen LogP contribution in [0.25, 0.3) is 0 Å². The Balaban J connectivity index is 4.46. The third-order valence-electron chi connectivity index (χ3n) is 8.90. The monoisotopic (exact) mass is 832 g/mol. The maximum absolute atomic E-state index is 12.7. The number of ether oxygens (including phenoxy) is 2. The lowest BCUT2D eigenvalue weighted by atomic mass is 10.1. The van der Waals surface area contributed by atoms with Crippen LogP contribution in [-0.2, 0) is 32.7 Å². The topological polar surface area (TPSA) is 111 Å². The largest absolute Gasteiger partial charge is 0.756 e. The standard InChI is InChI=1S/C48H82NO8P/c1-6-8-10-12-14-16-18-20-22-24-26-28-30-32-34-36-38-40-47(50)54-44-46(45-56-58(52,53)55-43-42-49(3,4)5)57-48(51)41-39-37-35-33-31-29-27-25-23-21-19-17-15-13-11-9-7-2/h9,11,14-17,20-23,26-29,46H,6-8,10,12-13,18-19,24-25,30-45H2,1-5H3/b11-9-,16-14-,17-15-,22-20-,23-21-,28-26-,29-27-/t46-/m1/s1. The lowest BCUT2D eigenvalue weighted by Gasteiger charge is -2.28. The summed E-state index contributed by atoms with van der Waals surface area (Å²) in [6, 6.07) is 0. The van der Waals surface area contributed by atoms with Gasteiger partial charge in [0.25, 0.3) is 7.82 Å². The lowest BCUT2D eigenvalue weighted by Crippen LogP contribution is -2.37. The summed E-state index contributed by atoms with van der Waals surface area (Å²) < 4.78 is 33.9. The number of esters is 2. The van der Waals surface area contributed by atoms with Gasteiger partial charge in [-0.25, -0.2) is 0 Å². The maximum Gasteiger partial charge on any atom is 0.306 e. The second-order valence-corrected chi connectivity index (χ2v) is 17.1. The molecule has 0 fully saturated rings. The lowest BCUT2D eigenvalue weighted by molar-refractivity contribution is -0.870. The summed E-state index contributed by atoms with van der Waals surface area (Å²) in [5.74, 6) is -0.896. The number of nitrogens with zero attached hydrogens (tertiary/aromatic N) is 1. The van der Waals surface area contributed by atoms with Crippen molar-refractivity contribution in [2.45, 2.75) is 161 Å². The van der Waals surface area contributed by atoms with Crippen LogP contribution in [0.1, 0.15) is 155 Å². The van der Waals surface area contributed by atoms with Gasteiger partial charge in [0.05, 0.1) is 27.7 Å². The van der Waals surface area contributed by atoms with Gasteiger partial charge in [0.1, 0.15) is 19.8 Å². The normalized spacial score (nSPS) is 14.4. The highest BCUT2D eigenvalue weighted by Gasteiger charge is 2.21. The van der Waals surface area contributed by atoms with Crippen molar-refractivity contribution in [2.75, 3.05) is 47.5 Å². The summed E-state index contributed by atoms with van der Waals surface area (Å²) in [4.78, 5) is 37.6. The van der Waals surface area contributed by atoms with Gasteiger partial charge >= 0.3 is 11.9 Å². The minimum absolute atomic E-state index is 0.0446. The van der Waals surface area contributed by atoms with Gasteiger partial charge in [-0.1, -0.05) is 137 Å². The third-order valence-corrected chi connectivity index (χ3v) is 9.86. The van der Waals surface area contributed by atoms with Crippen LogP contribution in [0.3, 0.4) is 0 Å². The van der Waals surface area contributed by atoms with E-state index in [1.807, 2.05) is 21.1 Å². The first-order chi connectivity index (χ1) is 28.0. The second-order valence-electron chi connectivity index (χ2n) is 15.7. The van der Waals surface area contributed by atoms with Crippen molar-refractivity contribution >= 4 is 19.8 Å². The van der Waals surface area contributed by atoms with Gasteiger partial charge in [0.15, 0.2) is 6.10 Å². The zero-order chi connectivity index (χ0) is 42.8. The van der Waals surface area contributed by atoms with Crippen molar-refractivity contribution in [1.82, 2.24) is 0 Å². The molecule has 0 radical (unpaired) electrons. The van der Waals surface area contributed by atoms with Crippen molar-refractivity contribution < 1.29 is 42.1 Å². The minimum Gasteiger partial charge on any atom is -0.756 e. The molecule has 0 saturated heterocycles. The van der Waals surface area contributed by atoms with Crippen LogP contribution >= 0.6 is 7.82 Å². The Bertz CT molecular complexity index is 1260. The van der Waals surface area contributed by atoms with Crippen molar-refractivity contribution in [3.63, 3.8) is 0 Å². The van der Waals surface area contributed by atoms with E-state index in [1.165, 1.54) is 25.7 Å². The van der Waals surface area contributed by atoms with Crippen LogP contribution in [0.5, 0.6) is 0 Å². The molecule has 0 aliphatic carbocycles. The van der Waals surface area contributed by atoms with Crippen LogP contribution in [0.2, 0.25) is 0 Å². The Kier molecular flexibility index (Phi) is 37.7. The Morgan fingerprint density at radius 3 is 1.45 bits per heavy atom. The summed E-state index contributed by atoms with van der Waals surface area (Å²) in [6.07, 6.45) is 50.3. The Hall–Kier alpha value is -2.81. The number of likely N-dealkylation sites (N-methyl/N-ethyl adjacent to an activating group) is 1. The number of carbonyl (C=O) groups is 2. The fourth-order valence-electron chi connectivity index (χ4n) is 5.41. The Morgan fingerprint density at radius 2 is 0.983 bits per heavy atom. The third kappa shape index (κ3) is 42.8. The molecule has 0 aliphatic heterocycles. The van der Waals surface area contributed by atoms with Crippen LogP contribution in [0.4, 0.5) is 0 Å². The van der Waals surface area contributed by atoms with Crippen molar-refractivity contribution in [3.05, 3.63) is 85.1 Å². The molecule has 0 N–H and O–H groups in total. The molecule has 9 nitrogen and oxygen atoms in total. The molecule has 0 heterocycles. The molecule has 1 unspecified atom stereocenters. The number of allylic oxidation sites excluding steroid dienone is 14. The number of rotatable bonds is 39. The van der Waals surface area contributed by atoms with E-state index in [1.54, 1.807) is 0 Å². The molecule has 0 bridgehead atoms. The van der Waals surface area contributed by atoms with E-state index in [9.17, 15) is 19.0 Å². The average molecular weight is 832 g/mol. The van der Waals surface area contributed by atoms with Crippen molar-refractivity contribution in [2.24, 2.45) is 0 Å². The molecule has 0 aliphatic rings. The van der Waals surface area contributed by atoms with Crippen LogP contribution < -0.4 is 4.89 Å². The Morgan fingerprint density at radius 1 is 0.552 bits per heavy atom. The van der Waals surface area contributed by atoms with E-state index < -0.39 is 32.5 Å².